The van der Waals surface area contributed by atoms with E-state index in [0.29, 0.717) is 0 Å². The van der Waals surface area contributed by atoms with E-state index in [9.17, 15) is 0 Å². The fourth-order valence-corrected chi connectivity index (χ4v) is 10.1. The van der Waals surface area contributed by atoms with Crippen molar-refractivity contribution < 1.29 is 0 Å². The summed E-state index contributed by atoms with van der Waals surface area (Å²) in [7, 11) is 0. The molecule has 0 aliphatic heterocycles. The second kappa shape index (κ2) is 10.5. The first-order valence-corrected chi connectivity index (χ1v) is 18.3. The minimum absolute atomic E-state index is 0.122. The standard InChI is InChI=1S/C47H31N3S/c1-47(2)35-20-10-6-16-31(35)39-40-33-18-8-12-22-37(33)50(44(40)41-34-19-9-13-23-38(34)51-45(41)42(39)47)30-26-24-29(25-27-30)46-48-36-21-11-7-17-32(36)43(49-46)28-14-4-3-5-15-28/h3-27H,1-2H3. The van der Waals surface area contributed by atoms with E-state index in [1.54, 1.807) is 0 Å². The Morgan fingerprint density at radius 1 is 0.569 bits per heavy atom. The lowest BCUT2D eigenvalue weighted by Crippen LogP contribution is -2.15. The smallest absolute Gasteiger partial charge is 0.160 e. The van der Waals surface area contributed by atoms with Crippen molar-refractivity contribution in [3.63, 3.8) is 0 Å². The topological polar surface area (TPSA) is 30.7 Å². The highest BCUT2D eigenvalue weighted by atomic mass is 32.1. The molecule has 0 spiro atoms. The molecular formula is C47H31N3S. The summed E-state index contributed by atoms with van der Waals surface area (Å²) in [4.78, 5) is 10.2. The molecule has 1 aliphatic rings. The lowest BCUT2D eigenvalue weighted by atomic mass is 9.81. The fourth-order valence-electron chi connectivity index (χ4n) is 8.72. The number of benzene rings is 7. The van der Waals surface area contributed by atoms with Crippen molar-refractivity contribution in [2.45, 2.75) is 19.3 Å². The second-order valence-corrected chi connectivity index (χ2v) is 15.2. The van der Waals surface area contributed by atoms with Gasteiger partial charge in [0, 0.05) is 58.6 Å². The molecule has 0 saturated carbocycles. The van der Waals surface area contributed by atoms with E-state index in [4.69, 9.17) is 9.97 Å². The quantitative estimate of drug-likeness (QED) is 0.187. The number of hydrogen-bond acceptors (Lipinski definition) is 3. The van der Waals surface area contributed by atoms with E-state index in [2.05, 4.69) is 158 Å². The predicted octanol–water partition coefficient (Wildman–Crippen LogP) is 12.7. The van der Waals surface area contributed by atoms with Gasteiger partial charge in [0.2, 0.25) is 0 Å². The summed E-state index contributed by atoms with van der Waals surface area (Å²) < 4.78 is 5.21. The minimum atomic E-state index is -0.122. The number of para-hydroxylation sites is 2. The highest BCUT2D eigenvalue weighted by Gasteiger charge is 2.40. The molecule has 10 aromatic rings. The van der Waals surface area contributed by atoms with E-state index in [0.717, 1.165) is 39.2 Å². The van der Waals surface area contributed by atoms with Gasteiger partial charge in [-0.05, 0) is 64.7 Å². The zero-order valence-corrected chi connectivity index (χ0v) is 29.0. The number of fused-ring (bicyclic) bond motifs is 13. The lowest BCUT2D eigenvalue weighted by Gasteiger charge is -2.22. The molecule has 3 nitrogen and oxygen atoms in total. The fraction of sp³-hybridized carbons (Fsp3) is 0.0638. The van der Waals surface area contributed by atoms with Gasteiger partial charge in [0.1, 0.15) is 0 Å². The normalized spacial score (nSPS) is 13.5. The van der Waals surface area contributed by atoms with Gasteiger partial charge in [-0.15, -0.1) is 11.3 Å². The van der Waals surface area contributed by atoms with E-state index in [1.807, 2.05) is 23.5 Å². The van der Waals surface area contributed by atoms with Crippen LogP contribution in [0.2, 0.25) is 0 Å². The number of aromatic nitrogens is 3. The van der Waals surface area contributed by atoms with Crippen LogP contribution in [0.15, 0.2) is 152 Å². The van der Waals surface area contributed by atoms with Gasteiger partial charge >= 0.3 is 0 Å². The first kappa shape index (κ1) is 28.7. The third kappa shape index (κ3) is 3.94. The summed E-state index contributed by atoms with van der Waals surface area (Å²) in [6.07, 6.45) is 0. The Balaban J connectivity index is 1.21. The average Bonchev–Trinajstić information content (AvgIpc) is 3.80. The van der Waals surface area contributed by atoms with Gasteiger partial charge < -0.3 is 4.57 Å². The molecule has 0 atom stereocenters. The molecule has 0 saturated heterocycles. The van der Waals surface area contributed by atoms with Crippen LogP contribution in [-0.4, -0.2) is 14.5 Å². The summed E-state index contributed by atoms with van der Waals surface area (Å²) in [5.74, 6) is 0.726. The van der Waals surface area contributed by atoms with Crippen molar-refractivity contribution in [2.24, 2.45) is 0 Å². The Hall–Kier alpha value is -6.10. The van der Waals surface area contributed by atoms with E-state index < -0.39 is 0 Å². The summed E-state index contributed by atoms with van der Waals surface area (Å²) in [5, 5.41) is 6.33. The molecule has 0 fully saturated rings. The van der Waals surface area contributed by atoms with E-state index in [1.165, 1.54) is 64.2 Å². The van der Waals surface area contributed by atoms with Crippen molar-refractivity contribution in [2.75, 3.05) is 0 Å². The molecule has 240 valence electrons. The van der Waals surface area contributed by atoms with Gasteiger partial charge in [0.15, 0.2) is 5.82 Å². The van der Waals surface area contributed by atoms with Crippen molar-refractivity contribution >= 4 is 64.2 Å². The first-order valence-electron chi connectivity index (χ1n) is 17.5. The second-order valence-electron chi connectivity index (χ2n) is 14.1. The van der Waals surface area contributed by atoms with Gasteiger partial charge in [-0.1, -0.05) is 123 Å². The maximum atomic E-state index is 5.16. The maximum Gasteiger partial charge on any atom is 0.160 e. The van der Waals surface area contributed by atoms with Crippen molar-refractivity contribution in [1.82, 2.24) is 14.5 Å². The molecule has 1 aliphatic carbocycles. The van der Waals surface area contributed by atoms with Crippen LogP contribution in [0.3, 0.4) is 0 Å². The lowest BCUT2D eigenvalue weighted by molar-refractivity contribution is 0.667. The summed E-state index contributed by atoms with van der Waals surface area (Å²) in [6.45, 7) is 4.81. The van der Waals surface area contributed by atoms with Crippen LogP contribution in [0.25, 0.3) is 92.3 Å². The largest absolute Gasteiger partial charge is 0.309 e. The van der Waals surface area contributed by atoms with Crippen molar-refractivity contribution in [1.29, 1.82) is 0 Å². The molecule has 51 heavy (non-hydrogen) atoms. The Morgan fingerprint density at radius 3 is 2.10 bits per heavy atom. The van der Waals surface area contributed by atoms with Crippen molar-refractivity contribution in [3.05, 3.63) is 163 Å². The summed E-state index contributed by atoms with van der Waals surface area (Å²) in [5.41, 5.74) is 13.0. The highest BCUT2D eigenvalue weighted by molar-refractivity contribution is 7.26. The molecular weight excluding hydrogens is 639 g/mol. The third-order valence-electron chi connectivity index (χ3n) is 11.0. The number of hydrogen-bond donors (Lipinski definition) is 0. The number of thiophene rings is 1. The van der Waals surface area contributed by atoms with E-state index >= 15 is 0 Å². The molecule has 0 amide bonds. The zero-order chi connectivity index (χ0) is 33.8. The molecule has 4 heteroatoms. The van der Waals surface area contributed by atoms with Crippen LogP contribution in [0.1, 0.15) is 25.0 Å². The van der Waals surface area contributed by atoms with Gasteiger partial charge in [-0.2, -0.15) is 0 Å². The molecule has 11 rings (SSSR count). The molecule has 0 radical (unpaired) electrons. The number of rotatable bonds is 3. The minimum Gasteiger partial charge on any atom is -0.309 e. The van der Waals surface area contributed by atoms with Crippen LogP contribution >= 0.6 is 11.3 Å². The molecule has 0 N–H and O–H groups in total. The molecule has 3 heterocycles. The third-order valence-corrected chi connectivity index (χ3v) is 12.2. The molecule has 7 aromatic carbocycles. The Bertz CT molecular complexity index is 3040. The summed E-state index contributed by atoms with van der Waals surface area (Å²) in [6, 6.07) is 54.5. The van der Waals surface area contributed by atoms with Gasteiger partial charge in [-0.25, -0.2) is 9.97 Å². The molecule has 0 unspecified atom stereocenters. The van der Waals surface area contributed by atoms with Crippen molar-refractivity contribution in [3.8, 4) is 39.5 Å². The van der Waals surface area contributed by atoms with Crippen LogP contribution < -0.4 is 0 Å². The Morgan fingerprint density at radius 2 is 1.25 bits per heavy atom. The summed E-state index contributed by atoms with van der Waals surface area (Å²) >= 11 is 1.94. The number of nitrogens with zero attached hydrogens (tertiary/aromatic N) is 3. The predicted molar refractivity (Wildman–Crippen MR) is 215 cm³/mol. The van der Waals surface area contributed by atoms with Crippen LogP contribution in [0.5, 0.6) is 0 Å². The zero-order valence-electron chi connectivity index (χ0n) is 28.2. The monoisotopic (exact) mass is 669 g/mol. The van der Waals surface area contributed by atoms with E-state index in [-0.39, 0.29) is 5.41 Å². The average molecular weight is 670 g/mol. The SMILES string of the molecule is CC1(C)c2ccccc2-c2c1c1sc3ccccc3c1c1c2c2ccccc2n1-c1ccc(-c2nc(-c3ccccc3)c3ccccc3n2)cc1. The van der Waals surface area contributed by atoms with Gasteiger partial charge in [-0.3, -0.25) is 0 Å². The Labute approximate surface area is 299 Å². The molecule has 0 bridgehead atoms. The van der Waals surface area contributed by atoms with Gasteiger partial charge in [0.05, 0.1) is 22.2 Å². The maximum absolute atomic E-state index is 5.16. The Kier molecular flexibility index (Phi) is 5.89. The first-order chi connectivity index (χ1) is 25.1. The van der Waals surface area contributed by atoms with Crippen LogP contribution in [-0.2, 0) is 5.41 Å². The van der Waals surface area contributed by atoms with Crippen LogP contribution in [0, 0.1) is 0 Å². The molecule has 3 aromatic heterocycles. The van der Waals surface area contributed by atoms with Gasteiger partial charge in [0.25, 0.3) is 0 Å². The highest BCUT2D eigenvalue weighted by Crippen LogP contribution is 2.58. The van der Waals surface area contributed by atoms with Crippen LogP contribution in [0.4, 0.5) is 0 Å².